The van der Waals surface area contributed by atoms with Crippen LogP contribution in [0.2, 0.25) is 5.04 Å². The van der Waals surface area contributed by atoms with Crippen LogP contribution in [0.5, 0.6) is 0 Å². The predicted octanol–water partition coefficient (Wildman–Crippen LogP) is 2.76. The molecule has 1 aliphatic carbocycles. The summed E-state index contributed by atoms with van der Waals surface area (Å²) in [4.78, 5) is 13.3. The third kappa shape index (κ3) is 3.54. The summed E-state index contributed by atoms with van der Waals surface area (Å²) in [5.41, 5.74) is -1.84. The van der Waals surface area contributed by atoms with Crippen molar-refractivity contribution in [2.45, 2.75) is 63.2 Å². The summed E-state index contributed by atoms with van der Waals surface area (Å²) < 4.78 is 6.38. The van der Waals surface area contributed by atoms with Crippen LogP contribution in [0.1, 0.15) is 46.5 Å². The maximum absolute atomic E-state index is 13.3. The standard InChI is InChI=1S/C23H30O4Si/c1-22(2,3)28(18-12-6-4-7-13-18,19-14-8-5-9-15-19)27-21(25)23(26)17-11-10-16-20(23)24/h4-9,12-15,20,24,26H,10-11,16-17H2,1-3H3. The molecular weight excluding hydrogens is 368 g/mol. The lowest BCUT2D eigenvalue weighted by Crippen LogP contribution is -2.69. The summed E-state index contributed by atoms with van der Waals surface area (Å²) >= 11 is 0. The number of hydrogen-bond acceptors (Lipinski definition) is 4. The zero-order chi connectivity index (χ0) is 20.4. The normalized spacial score (nSPS) is 23.2. The van der Waals surface area contributed by atoms with Crippen LogP contribution in [0, 0.1) is 0 Å². The Morgan fingerprint density at radius 1 is 1.00 bits per heavy atom. The highest BCUT2D eigenvalue weighted by atomic mass is 28.4. The molecule has 28 heavy (non-hydrogen) atoms. The summed E-state index contributed by atoms with van der Waals surface area (Å²) in [5.74, 6) is -0.700. The fraction of sp³-hybridized carbons (Fsp3) is 0.435. The first-order valence-electron chi connectivity index (χ1n) is 9.97. The van der Waals surface area contributed by atoms with Gasteiger partial charge in [-0.15, -0.1) is 0 Å². The van der Waals surface area contributed by atoms with Crippen molar-refractivity contribution in [2.75, 3.05) is 0 Å². The van der Waals surface area contributed by atoms with Gasteiger partial charge in [-0.25, -0.2) is 0 Å². The Hall–Kier alpha value is -1.95. The molecule has 1 fully saturated rings. The summed E-state index contributed by atoms with van der Waals surface area (Å²) in [7, 11) is -3.09. The lowest BCUT2D eigenvalue weighted by Gasteiger charge is -2.45. The Balaban J connectivity index is 2.15. The summed E-state index contributed by atoms with van der Waals surface area (Å²) in [5, 5.41) is 23.0. The van der Waals surface area contributed by atoms with E-state index in [2.05, 4.69) is 20.8 Å². The van der Waals surface area contributed by atoms with Gasteiger partial charge in [0.25, 0.3) is 0 Å². The Morgan fingerprint density at radius 3 is 1.93 bits per heavy atom. The number of carbonyl (C=O) groups is 1. The fourth-order valence-corrected chi connectivity index (χ4v) is 8.64. The van der Waals surface area contributed by atoms with Gasteiger partial charge in [-0.2, -0.15) is 0 Å². The van der Waals surface area contributed by atoms with Gasteiger partial charge < -0.3 is 14.6 Å². The van der Waals surface area contributed by atoms with Crippen LogP contribution in [-0.2, 0) is 9.22 Å². The molecule has 0 amide bonds. The van der Waals surface area contributed by atoms with Gasteiger partial charge >= 0.3 is 14.3 Å². The highest BCUT2D eigenvalue weighted by molar-refractivity contribution is 7.00. The van der Waals surface area contributed by atoms with Crippen LogP contribution in [0.4, 0.5) is 0 Å². The maximum Gasteiger partial charge on any atom is 0.328 e. The molecule has 150 valence electrons. The van der Waals surface area contributed by atoms with E-state index in [0.29, 0.717) is 12.8 Å². The van der Waals surface area contributed by atoms with E-state index in [0.717, 1.165) is 16.8 Å². The van der Waals surface area contributed by atoms with Gasteiger partial charge in [0.1, 0.15) is 0 Å². The molecule has 0 bridgehead atoms. The van der Waals surface area contributed by atoms with Gasteiger partial charge in [0, 0.05) is 0 Å². The molecule has 0 saturated heterocycles. The van der Waals surface area contributed by atoms with Crippen molar-refractivity contribution in [3.05, 3.63) is 60.7 Å². The first kappa shape index (κ1) is 20.8. The summed E-state index contributed by atoms with van der Waals surface area (Å²) in [6.45, 7) is 6.23. The average Bonchev–Trinajstić information content (AvgIpc) is 2.68. The molecule has 2 aromatic carbocycles. The van der Waals surface area contributed by atoms with Gasteiger partial charge in [-0.1, -0.05) is 87.9 Å². The number of aliphatic hydroxyl groups excluding tert-OH is 1. The minimum atomic E-state index is -3.09. The van der Waals surface area contributed by atoms with E-state index in [1.165, 1.54) is 0 Å². The molecular formula is C23H30O4Si. The molecule has 4 nitrogen and oxygen atoms in total. The second kappa shape index (κ2) is 7.82. The van der Waals surface area contributed by atoms with Crippen LogP contribution in [-0.4, -0.2) is 36.2 Å². The average molecular weight is 399 g/mol. The van der Waals surface area contributed by atoms with Gasteiger partial charge in [-0.3, -0.25) is 4.79 Å². The van der Waals surface area contributed by atoms with Crippen LogP contribution < -0.4 is 10.4 Å². The second-order valence-electron chi connectivity index (χ2n) is 8.74. The number of hydrogen-bond donors (Lipinski definition) is 2. The van der Waals surface area contributed by atoms with Crippen LogP contribution in [0.3, 0.4) is 0 Å². The minimum absolute atomic E-state index is 0.227. The minimum Gasteiger partial charge on any atom is -0.507 e. The molecule has 0 heterocycles. The quantitative estimate of drug-likeness (QED) is 0.777. The van der Waals surface area contributed by atoms with E-state index in [4.69, 9.17) is 4.43 Å². The van der Waals surface area contributed by atoms with E-state index in [-0.39, 0.29) is 11.5 Å². The van der Waals surface area contributed by atoms with E-state index < -0.39 is 26.0 Å². The molecule has 1 saturated carbocycles. The number of rotatable bonds is 4. The lowest BCUT2D eigenvalue weighted by molar-refractivity contribution is -0.175. The van der Waals surface area contributed by atoms with Crippen molar-refractivity contribution in [3.63, 3.8) is 0 Å². The number of benzene rings is 2. The molecule has 2 atom stereocenters. The third-order valence-electron chi connectivity index (χ3n) is 5.85. The monoisotopic (exact) mass is 398 g/mol. The van der Waals surface area contributed by atoms with E-state index >= 15 is 0 Å². The molecule has 0 aliphatic heterocycles. The largest absolute Gasteiger partial charge is 0.507 e. The Labute approximate surface area is 168 Å². The molecule has 0 spiro atoms. The van der Waals surface area contributed by atoms with E-state index in [1.807, 2.05) is 60.7 Å². The molecule has 2 aromatic rings. The zero-order valence-electron chi connectivity index (χ0n) is 16.9. The molecule has 2 unspecified atom stereocenters. The summed E-state index contributed by atoms with van der Waals surface area (Å²) in [6, 6.07) is 19.7. The van der Waals surface area contributed by atoms with Crippen molar-refractivity contribution in [1.29, 1.82) is 0 Å². The van der Waals surface area contributed by atoms with E-state index in [9.17, 15) is 15.0 Å². The SMILES string of the molecule is CC(C)(C)[Si](OC(=O)C1(O)CCCCC1O)(c1ccccc1)c1ccccc1. The Bertz CT molecular complexity index is 761. The van der Waals surface area contributed by atoms with Crippen LogP contribution in [0.25, 0.3) is 0 Å². The van der Waals surface area contributed by atoms with Crippen LogP contribution >= 0.6 is 0 Å². The van der Waals surface area contributed by atoms with E-state index in [1.54, 1.807) is 0 Å². The lowest BCUT2D eigenvalue weighted by atomic mass is 9.82. The van der Waals surface area contributed by atoms with Crippen molar-refractivity contribution in [2.24, 2.45) is 0 Å². The van der Waals surface area contributed by atoms with Crippen LogP contribution in [0.15, 0.2) is 60.7 Å². The third-order valence-corrected chi connectivity index (χ3v) is 10.7. The fourth-order valence-electron chi connectivity index (χ4n) is 4.25. The topological polar surface area (TPSA) is 66.8 Å². The number of aliphatic hydroxyl groups is 2. The van der Waals surface area contributed by atoms with Gasteiger partial charge in [0.05, 0.1) is 6.10 Å². The first-order chi connectivity index (χ1) is 13.2. The zero-order valence-corrected chi connectivity index (χ0v) is 17.9. The van der Waals surface area contributed by atoms with Gasteiger partial charge in [0.2, 0.25) is 0 Å². The Morgan fingerprint density at radius 2 is 1.50 bits per heavy atom. The molecule has 0 radical (unpaired) electrons. The summed E-state index contributed by atoms with van der Waals surface area (Å²) in [6.07, 6.45) is 1.05. The molecule has 1 aliphatic rings. The maximum atomic E-state index is 13.3. The first-order valence-corrected chi connectivity index (χ1v) is 11.9. The highest BCUT2D eigenvalue weighted by Gasteiger charge is 2.56. The second-order valence-corrected chi connectivity index (χ2v) is 13.0. The predicted molar refractivity (Wildman–Crippen MR) is 113 cm³/mol. The van der Waals surface area contributed by atoms with Crippen molar-refractivity contribution < 1.29 is 19.4 Å². The Kier molecular flexibility index (Phi) is 5.80. The molecule has 5 heteroatoms. The van der Waals surface area contributed by atoms with Crippen molar-refractivity contribution >= 4 is 24.7 Å². The number of carbonyl (C=O) groups excluding carboxylic acids is 1. The van der Waals surface area contributed by atoms with Crippen molar-refractivity contribution in [3.8, 4) is 0 Å². The highest BCUT2D eigenvalue weighted by Crippen LogP contribution is 2.39. The van der Waals surface area contributed by atoms with Gasteiger partial charge in [-0.05, 0) is 34.7 Å². The smallest absolute Gasteiger partial charge is 0.328 e. The van der Waals surface area contributed by atoms with Crippen molar-refractivity contribution in [1.82, 2.24) is 0 Å². The van der Waals surface area contributed by atoms with Gasteiger partial charge in [0.15, 0.2) is 5.60 Å². The molecule has 0 aromatic heterocycles. The molecule has 2 N–H and O–H groups in total. The molecule has 3 rings (SSSR count).